The van der Waals surface area contributed by atoms with Crippen LogP contribution in [0.3, 0.4) is 0 Å². The summed E-state index contributed by atoms with van der Waals surface area (Å²) in [7, 11) is 1.61. The van der Waals surface area contributed by atoms with Crippen LogP contribution in [-0.4, -0.2) is 68.7 Å². The lowest BCUT2D eigenvalue weighted by Crippen LogP contribution is -2.40. The average molecular weight is 393 g/mol. The van der Waals surface area contributed by atoms with E-state index in [0.717, 1.165) is 0 Å². The predicted molar refractivity (Wildman–Crippen MR) is 102 cm³/mol. The van der Waals surface area contributed by atoms with Crippen molar-refractivity contribution in [1.29, 1.82) is 0 Å². The first kappa shape index (κ1) is 24.7. The molecule has 4 N–H and O–H groups in total. The van der Waals surface area contributed by atoms with Gasteiger partial charge in [-0.25, -0.2) is 0 Å². The van der Waals surface area contributed by atoms with Crippen LogP contribution in [0.5, 0.6) is 0 Å². The molecule has 0 saturated heterocycles. The first-order chi connectivity index (χ1) is 12.3. The van der Waals surface area contributed by atoms with Gasteiger partial charge in [0.1, 0.15) is 0 Å². The van der Waals surface area contributed by atoms with Crippen LogP contribution in [0.1, 0.15) is 26.7 Å². The molecular formula is C17H32N2O6S. The third-order valence-electron chi connectivity index (χ3n) is 3.64. The minimum Gasteiger partial charge on any atom is -0.481 e. The number of carbonyl (C=O) groups is 2. The van der Waals surface area contributed by atoms with Gasteiger partial charge in [-0.05, 0) is 12.3 Å². The fourth-order valence-corrected chi connectivity index (χ4v) is 2.78. The minimum absolute atomic E-state index is 0.231. The van der Waals surface area contributed by atoms with Gasteiger partial charge >= 0.3 is 5.97 Å². The van der Waals surface area contributed by atoms with E-state index >= 15 is 0 Å². The molecule has 2 atom stereocenters. The highest BCUT2D eigenvalue weighted by Crippen LogP contribution is 2.25. The summed E-state index contributed by atoms with van der Waals surface area (Å²) >= 11 is 5.37. The van der Waals surface area contributed by atoms with Crippen molar-refractivity contribution < 1.29 is 28.9 Å². The standard InChI is InChI=1S/C17H32N2O6S/c1-12(2)10-13(14(17(21)22)11-15(18)20)16(26)19-4-5-24-8-9-25-7-6-23-3/h12-14H,4-11H2,1-3H3,(H2,18,20)(H,19,26)(H,21,22). The summed E-state index contributed by atoms with van der Waals surface area (Å²) in [5.74, 6) is -2.86. The number of nitrogens with one attached hydrogen (secondary N) is 1. The summed E-state index contributed by atoms with van der Waals surface area (Å²) in [5.41, 5.74) is 5.19. The highest BCUT2D eigenvalue weighted by molar-refractivity contribution is 7.80. The van der Waals surface area contributed by atoms with E-state index < -0.39 is 23.7 Å². The molecule has 0 aromatic heterocycles. The van der Waals surface area contributed by atoms with Crippen LogP contribution in [0.2, 0.25) is 0 Å². The maximum atomic E-state index is 11.5. The third kappa shape index (κ3) is 12.1. The zero-order valence-electron chi connectivity index (χ0n) is 15.9. The summed E-state index contributed by atoms with van der Waals surface area (Å²) in [5, 5.41) is 12.5. The quantitative estimate of drug-likeness (QED) is 0.261. The lowest BCUT2D eigenvalue weighted by atomic mass is 9.83. The largest absolute Gasteiger partial charge is 0.481 e. The topological polar surface area (TPSA) is 120 Å². The molecule has 26 heavy (non-hydrogen) atoms. The number of carboxylic acids is 1. The Kier molecular flexibility index (Phi) is 14.1. The number of nitrogens with two attached hydrogens (primary N) is 1. The molecule has 0 aliphatic heterocycles. The molecule has 0 rings (SSSR count). The highest BCUT2D eigenvalue weighted by atomic mass is 32.1. The average Bonchev–Trinajstić information content (AvgIpc) is 2.55. The SMILES string of the molecule is COCCOCCOCCNC(=S)C(CC(C)C)C(CC(N)=O)C(=O)O. The number of primary amides is 1. The van der Waals surface area contributed by atoms with Gasteiger partial charge in [-0.15, -0.1) is 0 Å². The smallest absolute Gasteiger partial charge is 0.307 e. The zero-order valence-corrected chi connectivity index (χ0v) is 16.7. The monoisotopic (exact) mass is 392 g/mol. The van der Waals surface area contributed by atoms with Crippen molar-refractivity contribution in [3.8, 4) is 0 Å². The summed E-state index contributed by atoms with van der Waals surface area (Å²) in [6, 6.07) is 0. The maximum absolute atomic E-state index is 11.5. The summed E-state index contributed by atoms with van der Waals surface area (Å²) in [6.45, 7) is 6.82. The number of hydrogen-bond acceptors (Lipinski definition) is 6. The molecule has 0 radical (unpaired) electrons. The minimum atomic E-state index is -1.07. The van der Waals surface area contributed by atoms with Gasteiger partial charge in [0.05, 0.1) is 43.9 Å². The number of rotatable bonds is 16. The van der Waals surface area contributed by atoms with Crippen molar-refractivity contribution in [2.45, 2.75) is 26.7 Å². The van der Waals surface area contributed by atoms with E-state index in [9.17, 15) is 14.7 Å². The summed E-state index contributed by atoms with van der Waals surface area (Å²) in [6.07, 6.45) is 0.328. The van der Waals surface area contributed by atoms with Gasteiger partial charge in [-0.2, -0.15) is 0 Å². The van der Waals surface area contributed by atoms with Gasteiger partial charge in [-0.3, -0.25) is 9.59 Å². The van der Waals surface area contributed by atoms with E-state index in [1.807, 2.05) is 13.8 Å². The molecule has 0 spiro atoms. The van der Waals surface area contributed by atoms with E-state index in [2.05, 4.69) is 5.32 Å². The number of hydrogen-bond donors (Lipinski definition) is 3. The molecule has 0 heterocycles. The Morgan fingerprint density at radius 3 is 2.15 bits per heavy atom. The number of carbonyl (C=O) groups excluding carboxylic acids is 1. The number of ether oxygens (including phenoxy) is 3. The van der Waals surface area contributed by atoms with E-state index in [1.54, 1.807) is 7.11 Å². The van der Waals surface area contributed by atoms with Gasteiger partial charge in [0, 0.05) is 26.0 Å². The van der Waals surface area contributed by atoms with Gasteiger partial charge in [0.25, 0.3) is 0 Å². The molecule has 0 aromatic carbocycles. The van der Waals surface area contributed by atoms with Crippen molar-refractivity contribution in [3.63, 3.8) is 0 Å². The second kappa shape index (κ2) is 14.8. The molecular weight excluding hydrogens is 360 g/mol. The molecule has 0 aromatic rings. The van der Waals surface area contributed by atoms with Crippen molar-refractivity contribution in [1.82, 2.24) is 5.32 Å². The van der Waals surface area contributed by atoms with Crippen molar-refractivity contribution >= 4 is 29.1 Å². The van der Waals surface area contributed by atoms with Gasteiger partial charge in [-0.1, -0.05) is 26.1 Å². The number of aliphatic carboxylic acids is 1. The Balaban J connectivity index is 4.34. The Hall–Kier alpha value is -1.29. The molecule has 0 aliphatic rings. The fraction of sp³-hybridized carbons (Fsp3) is 0.824. The second-order valence-electron chi connectivity index (χ2n) is 6.36. The molecule has 0 saturated carbocycles. The normalized spacial score (nSPS) is 13.4. The molecule has 0 bridgehead atoms. The fourth-order valence-electron chi connectivity index (χ4n) is 2.42. The Bertz CT molecular complexity index is 433. The van der Waals surface area contributed by atoms with Crippen molar-refractivity contribution in [2.75, 3.05) is 46.7 Å². The van der Waals surface area contributed by atoms with Crippen LogP contribution in [0.25, 0.3) is 0 Å². The van der Waals surface area contributed by atoms with Crippen molar-refractivity contribution in [2.24, 2.45) is 23.5 Å². The molecule has 1 amide bonds. The third-order valence-corrected chi connectivity index (χ3v) is 4.08. The number of carboxylic acid groups (broad SMARTS) is 1. The van der Waals surface area contributed by atoms with Crippen LogP contribution in [-0.2, 0) is 23.8 Å². The van der Waals surface area contributed by atoms with Crippen LogP contribution in [0, 0.1) is 17.8 Å². The summed E-state index contributed by atoms with van der Waals surface area (Å²) in [4.78, 5) is 23.2. The summed E-state index contributed by atoms with van der Waals surface area (Å²) < 4.78 is 15.6. The van der Waals surface area contributed by atoms with Gasteiger partial charge in [0.2, 0.25) is 5.91 Å². The molecule has 9 heteroatoms. The van der Waals surface area contributed by atoms with Gasteiger partial charge in [0.15, 0.2) is 0 Å². The molecule has 152 valence electrons. The van der Waals surface area contributed by atoms with E-state index in [1.165, 1.54) is 0 Å². The number of amides is 1. The first-order valence-electron chi connectivity index (χ1n) is 8.72. The number of thiocarbonyl (C=S) groups is 1. The van der Waals surface area contributed by atoms with E-state index in [4.69, 9.17) is 32.2 Å². The molecule has 8 nitrogen and oxygen atoms in total. The zero-order chi connectivity index (χ0) is 19.9. The Labute approximate surface area is 160 Å². The van der Waals surface area contributed by atoms with Crippen molar-refractivity contribution in [3.05, 3.63) is 0 Å². The first-order valence-corrected chi connectivity index (χ1v) is 9.13. The lowest BCUT2D eigenvalue weighted by molar-refractivity contribution is -0.145. The Morgan fingerprint density at radius 2 is 1.65 bits per heavy atom. The second-order valence-corrected chi connectivity index (χ2v) is 6.80. The predicted octanol–water partition coefficient (Wildman–Crippen LogP) is 0.822. The van der Waals surface area contributed by atoms with Gasteiger partial charge < -0.3 is 30.4 Å². The van der Waals surface area contributed by atoms with Crippen LogP contribution in [0.15, 0.2) is 0 Å². The Morgan fingerprint density at radius 1 is 1.08 bits per heavy atom. The molecule has 0 aliphatic carbocycles. The van der Waals surface area contributed by atoms with E-state index in [0.29, 0.717) is 51.0 Å². The molecule has 0 fully saturated rings. The number of methoxy groups -OCH3 is 1. The van der Waals surface area contributed by atoms with Crippen LogP contribution >= 0.6 is 12.2 Å². The highest BCUT2D eigenvalue weighted by Gasteiger charge is 2.33. The maximum Gasteiger partial charge on any atom is 0.307 e. The lowest BCUT2D eigenvalue weighted by Gasteiger charge is -2.26. The van der Waals surface area contributed by atoms with E-state index in [-0.39, 0.29) is 12.3 Å². The van der Waals surface area contributed by atoms with Crippen LogP contribution in [0.4, 0.5) is 0 Å². The van der Waals surface area contributed by atoms with Crippen LogP contribution < -0.4 is 11.1 Å². The molecule has 2 unspecified atom stereocenters.